The van der Waals surface area contributed by atoms with Crippen molar-refractivity contribution in [3.05, 3.63) is 106 Å². The van der Waals surface area contributed by atoms with Crippen molar-refractivity contribution in [2.24, 2.45) is 5.10 Å². The monoisotopic (exact) mass is 428 g/mol. The summed E-state index contributed by atoms with van der Waals surface area (Å²) in [5, 5.41) is 9.18. The molecule has 31 heavy (non-hydrogen) atoms. The van der Waals surface area contributed by atoms with Crippen LogP contribution in [0.3, 0.4) is 0 Å². The van der Waals surface area contributed by atoms with Crippen LogP contribution in [0, 0.1) is 13.8 Å². The third-order valence-corrected chi connectivity index (χ3v) is 5.25. The molecule has 6 heteroatoms. The van der Waals surface area contributed by atoms with Gasteiger partial charge in [0.1, 0.15) is 0 Å². The van der Waals surface area contributed by atoms with Crippen LogP contribution in [0.4, 0.5) is 0 Å². The molecule has 5 nitrogen and oxygen atoms in total. The van der Waals surface area contributed by atoms with Crippen molar-refractivity contribution >= 4 is 23.7 Å². The van der Waals surface area contributed by atoms with Crippen molar-refractivity contribution in [1.29, 1.82) is 0 Å². The minimum atomic E-state index is -0.399. The fraction of sp³-hybridized carbons (Fsp3) is 0.0800. The van der Waals surface area contributed by atoms with Gasteiger partial charge in [-0.15, -0.1) is 0 Å². The SMILES string of the molecule is Cc1ccc(-c2cc(C(=O)N/N=C\c3ccccc3Cl)nn2-c2ccccc2C)cc1. The number of hydrazone groups is 1. The largest absolute Gasteiger partial charge is 0.291 e. The maximum absolute atomic E-state index is 12.8. The molecular formula is C25H21ClN4O. The van der Waals surface area contributed by atoms with Crippen LogP contribution in [0.5, 0.6) is 0 Å². The summed E-state index contributed by atoms with van der Waals surface area (Å²) in [5.74, 6) is -0.399. The van der Waals surface area contributed by atoms with Crippen LogP contribution in [0.25, 0.3) is 16.9 Å². The summed E-state index contributed by atoms with van der Waals surface area (Å²) in [6.07, 6.45) is 1.51. The number of nitrogens with zero attached hydrogens (tertiary/aromatic N) is 3. The lowest BCUT2D eigenvalue weighted by Crippen LogP contribution is -2.18. The molecule has 154 valence electrons. The molecule has 0 aliphatic rings. The third kappa shape index (κ3) is 4.57. The first-order valence-electron chi connectivity index (χ1n) is 9.84. The van der Waals surface area contributed by atoms with E-state index in [1.165, 1.54) is 6.21 Å². The molecule has 0 spiro atoms. The number of carbonyl (C=O) groups excluding carboxylic acids is 1. The summed E-state index contributed by atoms with van der Waals surface area (Å²) in [7, 11) is 0. The van der Waals surface area contributed by atoms with Crippen molar-refractivity contribution in [3.8, 4) is 16.9 Å². The van der Waals surface area contributed by atoms with Crippen LogP contribution in [0.1, 0.15) is 27.2 Å². The van der Waals surface area contributed by atoms with Crippen molar-refractivity contribution < 1.29 is 4.79 Å². The number of hydrogen-bond donors (Lipinski definition) is 1. The summed E-state index contributed by atoms with van der Waals surface area (Å²) in [6, 6.07) is 25.1. The Morgan fingerprint density at radius 2 is 1.71 bits per heavy atom. The van der Waals surface area contributed by atoms with E-state index in [9.17, 15) is 4.79 Å². The van der Waals surface area contributed by atoms with Crippen LogP contribution >= 0.6 is 11.6 Å². The second kappa shape index (κ2) is 8.98. The fourth-order valence-corrected chi connectivity index (χ4v) is 3.39. The number of para-hydroxylation sites is 1. The lowest BCUT2D eigenvalue weighted by atomic mass is 10.1. The van der Waals surface area contributed by atoms with Gasteiger partial charge in [-0.3, -0.25) is 4.79 Å². The van der Waals surface area contributed by atoms with Gasteiger partial charge in [-0.05, 0) is 37.6 Å². The van der Waals surface area contributed by atoms with Gasteiger partial charge in [0.2, 0.25) is 0 Å². The van der Waals surface area contributed by atoms with E-state index in [1.54, 1.807) is 16.8 Å². The first-order valence-corrected chi connectivity index (χ1v) is 10.2. The van der Waals surface area contributed by atoms with E-state index in [0.717, 1.165) is 33.6 Å². The predicted octanol–water partition coefficient (Wildman–Crippen LogP) is 5.57. The lowest BCUT2D eigenvalue weighted by molar-refractivity contribution is 0.0949. The van der Waals surface area contributed by atoms with Gasteiger partial charge in [-0.2, -0.15) is 10.2 Å². The van der Waals surface area contributed by atoms with Gasteiger partial charge in [-0.1, -0.05) is 77.8 Å². The molecule has 1 heterocycles. The Bertz CT molecular complexity index is 1260. The lowest BCUT2D eigenvalue weighted by Gasteiger charge is -2.10. The summed E-state index contributed by atoms with van der Waals surface area (Å²) in [5.41, 5.74) is 8.47. The van der Waals surface area contributed by atoms with Crippen molar-refractivity contribution in [1.82, 2.24) is 15.2 Å². The molecule has 4 rings (SSSR count). The maximum Gasteiger partial charge on any atom is 0.291 e. The Morgan fingerprint density at radius 3 is 2.45 bits per heavy atom. The van der Waals surface area contributed by atoms with E-state index >= 15 is 0 Å². The molecule has 1 aromatic heterocycles. The van der Waals surface area contributed by atoms with Crippen molar-refractivity contribution in [2.75, 3.05) is 0 Å². The smallest absolute Gasteiger partial charge is 0.265 e. The molecular weight excluding hydrogens is 408 g/mol. The average molecular weight is 429 g/mol. The highest BCUT2D eigenvalue weighted by Crippen LogP contribution is 2.26. The van der Waals surface area contributed by atoms with E-state index in [4.69, 9.17) is 11.6 Å². The molecule has 0 radical (unpaired) electrons. The standard InChI is InChI=1S/C25H21ClN4O/c1-17-11-13-19(14-12-17)24-15-22(29-30(24)23-10-6-3-7-18(23)2)25(31)28-27-16-20-8-4-5-9-21(20)26/h3-16H,1-2H3,(H,28,31)/b27-16-. The highest BCUT2D eigenvalue weighted by atomic mass is 35.5. The van der Waals surface area contributed by atoms with Crippen molar-refractivity contribution in [3.63, 3.8) is 0 Å². The molecule has 0 fully saturated rings. The first-order chi connectivity index (χ1) is 15.0. The second-order valence-corrected chi connectivity index (χ2v) is 7.61. The molecule has 4 aromatic rings. The zero-order valence-corrected chi connectivity index (χ0v) is 18.0. The highest BCUT2D eigenvalue weighted by molar-refractivity contribution is 6.33. The quantitative estimate of drug-likeness (QED) is 0.333. The molecule has 0 atom stereocenters. The molecule has 0 bridgehead atoms. The number of aryl methyl sites for hydroxylation is 2. The van der Waals surface area contributed by atoms with Crippen molar-refractivity contribution in [2.45, 2.75) is 13.8 Å². The van der Waals surface area contributed by atoms with Crippen LogP contribution in [0.2, 0.25) is 5.02 Å². The Hall–Kier alpha value is -3.70. The minimum Gasteiger partial charge on any atom is -0.265 e. The number of amides is 1. The maximum atomic E-state index is 12.8. The van der Waals surface area contributed by atoms with Gasteiger partial charge in [0.05, 0.1) is 17.6 Å². The van der Waals surface area contributed by atoms with Crippen LogP contribution < -0.4 is 5.43 Å². The fourth-order valence-electron chi connectivity index (χ4n) is 3.20. The number of hydrogen-bond acceptors (Lipinski definition) is 3. The predicted molar refractivity (Wildman–Crippen MR) is 125 cm³/mol. The highest BCUT2D eigenvalue weighted by Gasteiger charge is 2.17. The number of aromatic nitrogens is 2. The van der Waals surface area contributed by atoms with Gasteiger partial charge in [0.25, 0.3) is 5.91 Å². The van der Waals surface area contributed by atoms with E-state index in [1.807, 2.05) is 80.6 Å². The van der Waals surface area contributed by atoms with Gasteiger partial charge in [0.15, 0.2) is 5.69 Å². The molecule has 0 saturated heterocycles. The first kappa shape index (κ1) is 20.6. The van der Waals surface area contributed by atoms with E-state index in [-0.39, 0.29) is 5.69 Å². The third-order valence-electron chi connectivity index (χ3n) is 4.91. The molecule has 1 amide bonds. The van der Waals surface area contributed by atoms with Crippen LogP contribution in [-0.2, 0) is 0 Å². The van der Waals surface area contributed by atoms with Gasteiger partial charge in [0, 0.05) is 16.1 Å². The van der Waals surface area contributed by atoms with Gasteiger partial charge in [-0.25, -0.2) is 10.1 Å². The van der Waals surface area contributed by atoms with E-state index < -0.39 is 5.91 Å². The summed E-state index contributed by atoms with van der Waals surface area (Å²) in [6.45, 7) is 4.06. The zero-order chi connectivity index (χ0) is 21.8. The number of nitrogens with one attached hydrogen (secondary N) is 1. The molecule has 0 saturated carbocycles. The Labute approximate surface area is 186 Å². The number of rotatable bonds is 5. The molecule has 3 aromatic carbocycles. The number of halogens is 1. The van der Waals surface area contributed by atoms with E-state index in [2.05, 4.69) is 15.6 Å². The zero-order valence-electron chi connectivity index (χ0n) is 17.2. The second-order valence-electron chi connectivity index (χ2n) is 7.20. The Balaban J connectivity index is 1.68. The molecule has 1 N–H and O–H groups in total. The molecule has 0 aliphatic carbocycles. The number of benzene rings is 3. The van der Waals surface area contributed by atoms with Gasteiger partial charge < -0.3 is 0 Å². The molecule has 0 unspecified atom stereocenters. The normalized spacial score (nSPS) is 11.1. The topological polar surface area (TPSA) is 59.3 Å². The Morgan fingerprint density at radius 1 is 1.00 bits per heavy atom. The van der Waals surface area contributed by atoms with E-state index in [0.29, 0.717) is 5.02 Å². The molecule has 0 aliphatic heterocycles. The summed E-state index contributed by atoms with van der Waals surface area (Å²) >= 11 is 6.12. The summed E-state index contributed by atoms with van der Waals surface area (Å²) < 4.78 is 1.80. The summed E-state index contributed by atoms with van der Waals surface area (Å²) in [4.78, 5) is 12.8. The number of carbonyl (C=O) groups is 1. The Kier molecular flexibility index (Phi) is 5.96. The van der Waals surface area contributed by atoms with Gasteiger partial charge >= 0.3 is 0 Å². The van der Waals surface area contributed by atoms with Crippen LogP contribution in [0.15, 0.2) is 84.0 Å². The minimum absolute atomic E-state index is 0.273. The van der Waals surface area contributed by atoms with Crippen LogP contribution in [-0.4, -0.2) is 21.9 Å². The average Bonchev–Trinajstić information content (AvgIpc) is 3.21.